The van der Waals surface area contributed by atoms with Crippen LogP contribution < -0.4 is 5.32 Å². The van der Waals surface area contributed by atoms with E-state index in [0.29, 0.717) is 19.5 Å². The Morgan fingerprint density at radius 1 is 1.25 bits per heavy atom. The van der Waals surface area contributed by atoms with Gasteiger partial charge in [-0.25, -0.2) is 4.79 Å². The quantitative estimate of drug-likeness (QED) is 0.824. The number of hydrogen-bond acceptors (Lipinski definition) is 3. The average Bonchev–Trinajstić information content (AvgIpc) is 2.24. The van der Waals surface area contributed by atoms with Crippen molar-refractivity contribution < 1.29 is 19.4 Å². The largest absolute Gasteiger partial charge is 0.481 e. The van der Waals surface area contributed by atoms with Gasteiger partial charge >= 0.3 is 12.0 Å². The Morgan fingerprint density at radius 2 is 1.75 bits per heavy atom. The van der Waals surface area contributed by atoms with E-state index in [-0.39, 0.29) is 12.6 Å². The van der Waals surface area contributed by atoms with Crippen molar-refractivity contribution in [2.75, 3.05) is 19.6 Å². The number of nitrogens with zero attached hydrogens (tertiary/aromatic N) is 1. The molecule has 2 N–H and O–H groups in total. The number of rotatable bonds is 4. The molecule has 2 amide bonds. The molecule has 1 atom stereocenters. The van der Waals surface area contributed by atoms with Crippen molar-refractivity contribution in [3.63, 3.8) is 0 Å². The van der Waals surface area contributed by atoms with Gasteiger partial charge in [0.2, 0.25) is 0 Å². The van der Waals surface area contributed by atoms with Gasteiger partial charge in [-0.3, -0.25) is 4.79 Å². The number of carboxylic acid groups (broad SMARTS) is 1. The molecule has 6 heteroatoms. The number of urea groups is 1. The summed E-state index contributed by atoms with van der Waals surface area (Å²) in [5, 5.41) is 11.7. The van der Waals surface area contributed by atoms with Crippen LogP contribution in [-0.2, 0) is 9.53 Å². The monoisotopic (exact) mass is 286 g/mol. The number of ether oxygens (including phenoxy) is 1. The molecule has 116 valence electrons. The van der Waals surface area contributed by atoms with E-state index in [0.717, 1.165) is 0 Å². The van der Waals surface area contributed by atoms with E-state index < -0.39 is 23.1 Å². The maximum Gasteiger partial charge on any atom is 0.317 e. The van der Waals surface area contributed by atoms with E-state index in [9.17, 15) is 9.59 Å². The summed E-state index contributed by atoms with van der Waals surface area (Å²) in [5.74, 6) is -1.42. The lowest BCUT2D eigenvalue weighted by atomic mass is 9.99. The molecule has 0 aromatic heterocycles. The third-order valence-electron chi connectivity index (χ3n) is 3.32. The lowest BCUT2D eigenvalue weighted by Gasteiger charge is -2.47. The summed E-state index contributed by atoms with van der Waals surface area (Å²) in [4.78, 5) is 24.8. The van der Waals surface area contributed by atoms with E-state index in [1.807, 2.05) is 27.7 Å². The molecular weight excluding hydrogens is 260 g/mol. The SMILES string of the molecule is CCC(CNC(=O)N1CC(C)(C)OC(C)(C)C1)C(=O)O. The highest BCUT2D eigenvalue weighted by atomic mass is 16.5. The van der Waals surface area contributed by atoms with Crippen LogP contribution in [0.15, 0.2) is 0 Å². The minimum atomic E-state index is -0.879. The number of carbonyl (C=O) groups excluding carboxylic acids is 1. The van der Waals surface area contributed by atoms with Gasteiger partial charge in [0, 0.05) is 6.54 Å². The third kappa shape index (κ3) is 4.67. The summed E-state index contributed by atoms with van der Waals surface area (Å²) in [6.45, 7) is 10.7. The number of hydrogen-bond donors (Lipinski definition) is 2. The smallest absolute Gasteiger partial charge is 0.317 e. The first-order chi connectivity index (χ1) is 9.06. The second-order valence-electron chi connectivity index (χ2n) is 6.61. The first kappa shape index (κ1) is 16.8. The van der Waals surface area contributed by atoms with Gasteiger partial charge in [-0.15, -0.1) is 0 Å². The number of amides is 2. The summed E-state index contributed by atoms with van der Waals surface area (Å²) >= 11 is 0. The Hall–Kier alpha value is -1.30. The molecule has 1 rings (SSSR count). The van der Waals surface area contributed by atoms with Crippen molar-refractivity contribution in [3.8, 4) is 0 Å². The van der Waals surface area contributed by atoms with Crippen LogP contribution in [0.1, 0.15) is 41.0 Å². The molecular formula is C14H26N2O4. The van der Waals surface area contributed by atoms with Crippen molar-refractivity contribution in [1.82, 2.24) is 10.2 Å². The fourth-order valence-electron chi connectivity index (χ4n) is 2.66. The molecule has 1 aliphatic heterocycles. The molecule has 6 nitrogen and oxygen atoms in total. The van der Waals surface area contributed by atoms with Gasteiger partial charge in [0.25, 0.3) is 0 Å². The van der Waals surface area contributed by atoms with Gasteiger partial charge in [0.1, 0.15) is 0 Å². The molecule has 1 aliphatic rings. The fraction of sp³-hybridized carbons (Fsp3) is 0.857. The summed E-state index contributed by atoms with van der Waals surface area (Å²) in [6, 6.07) is -0.228. The molecule has 1 unspecified atom stereocenters. The first-order valence-electron chi connectivity index (χ1n) is 7.02. The highest BCUT2D eigenvalue weighted by Crippen LogP contribution is 2.27. The van der Waals surface area contributed by atoms with Crippen LogP contribution in [0.3, 0.4) is 0 Å². The highest BCUT2D eigenvalue weighted by molar-refractivity contribution is 5.76. The summed E-state index contributed by atoms with van der Waals surface area (Å²) in [5.41, 5.74) is -0.813. The van der Waals surface area contributed by atoms with Crippen LogP contribution in [0.2, 0.25) is 0 Å². The molecule has 0 spiro atoms. The zero-order chi connectivity index (χ0) is 15.6. The molecule has 0 saturated carbocycles. The zero-order valence-electron chi connectivity index (χ0n) is 13.0. The maximum absolute atomic E-state index is 12.2. The third-order valence-corrected chi connectivity index (χ3v) is 3.32. The molecule has 1 fully saturated rings. The summed E-state index contributed by atoms with van der Waals surface area (Å²) < 4.78 is 5.91. The standard InChI is InChI=1S/C14H26N2O4/c1-6-10(11(17)18)7-15-12(19)16-8-13(2,3)20-14(4,5)9-16/h10H,6-9H2,1-5H3,(H,15,19)(H,17,18). The average molecular weight is 286 g/mol. The van der Waals surface area contributed by atoms with E-state index in [2.05, 4.69) is 5.32 Å². The number of carboxylic acids is 1. The van der Waals surface area contributed by atoms with Crippen LogP contribution in [0, 0.1) is 5.92 Å². The van der Waals surface area contributed by atoms with Crippen LogP contribution in [0.5, 0.6) is 0 Å². The van der Waals surface area contributed by atoms with Gasteiger partial charge in [0.05, 0.1) is 30.2 Å². The molecule has 0 aromatic carbocycles. The van der Waals surface area contributed by atoms with Gasteiger partial charge in [0.15, 0.2) is 0 Å². The summed E-state index contributed by atoms with van der Waals surface area (Å²) in [6.07, 6.45) is 0.496. The molecule has 0 bridgehead atoms. The topological polar surface area (TPSA) is 78.9 Å². The number of nitrogens with one attached hydrogen (secondary N) is 1. The van der Waals surface area contributed by atoms with Crippen molar-refractivity contribution in [1.29, 1.82) is 0 Å². The first-order valence-corrected chi connectivity index (χ1v) is 7.02. The maximum atomic E-state index is 12.2. The number of morpholine rings is 1. The Balaban J connectivity index is 2.61. The molecule has 0 aliphatic carbocycles. The number of aliphatic carboxylic acids is 1. The Morgan fingerprint density at radius 3 is 2.15 bits per heavy atom. The Kier molecular flexibility index (Phi) is 5.02. The molecule has 0 aromatic rings. The highest BCUT2D eigenvalue weighted by Gasteiger charge is 2.40. The minimum absolute atomic E-state index is 0.156. The van der Waals surface area contributed by atoms with Crippen molar-refractivity contribution >= 4 is 12.0 Å². The molecule has 20 heavy (non-hydrogen) atoms. The normalized spacial score (nSPS) is 22.1. The second-order valence-corrected chi connectivity index (χ2v) is 6.61. The van der Waals surface area contributed by atoms with E-state index in [1.165, 1.54) is 0 Å². The van der Waals surface area contributed by atoms with Crippen molar-refractivity contribution in [3.05, 3.63) is 0 Å². The van der Waals surface area contributed by atoms with E-state index in [4.69, 9.17) is 9.84 Å². The van der Waals surface area contributed by atoms with Gasteiger partial charge in [-0.1, -0.05) is 6.92 Å². The Bertz CT molecular complexity index is 363. The van der Waals surface area contributed by atoms with Gasteiger partial charge in [-0.05, 0) is 34.1 Å². The fourth-order valence-corrected chi connectivity index (χ4v) is 2.66. The van der Waals surface area contributed by atoms with Crippen molar-refractivity contribution in [2.24, 2.45) is 5.92 Å². The zero-order valence-corrected chi connectivity index (χ0v) is 13.0. The van der Waals surface area contributed by atoms with Crippen molar-refractivity contribution in [2.45, 2.75) is 52.2 Å². The second kappa shape index (κ2) is 5.99. The number of carbonyl (C=O) groups is 2. The van der Waals surface area contributed by atoms with Gasteiger partial charge < -0.3 is 20.1 Å². The Labute approximate surface area is 120 Å². The predicted octanol–water partition coefficient (Wildman–Crippen LogP) is 1.70. The van der Waals surface area contributed by atoms with Crippen LogP contribution in [0.25, 0.3) is 0 Å². The molecule has 1 saturated heterocycles. The minimum Gasteiger partial charge on any atom is -0.481 e. The molecule has 0 radical (unpaired) electrons. The van der Waals surface area contributed by atoms with Crippen LogP contribution >= 0.6 is 0 Å². The van der Waals surface area contributed by atoms with Crippen LogP contribution in [-0.4, -0.2) is 52.8 Å². The van der Waals surface area contributed by atoms with E-state index in [1.54, 1.807) is 11.8 Å². The predicted molar refractivity (Wildman–Crippen MR) is 75.6 cm³/mol. The lowest BCUT2D eigenvalue weighted by molar-refractivity contribution is -0.170. The summed E-state index contributed by atoms with van der Waals surface area (Å²) in [7, 11) is 0. The van der Waals surface area contributed by atoms with Crippen LogP contribution in [0.4, 0.5) is 4.79 Å². The van der Waals surface area contributed by atoms with Gasteiger partial charge in [-0.2, -0.15) is 0 Å². The molecule has 1 heterocycles. The van der Waals surface area contributed by atoms with E-state index >= 15 is 0 Å². The lowest BCUT2D eigenvalue weighted by Crippen LogP contribution is -2.60.